The van der Waals surface area contributed by atoms with Gasteiger partial charge in [-0.25, -0.2) is 0 Å². The highest BCUT2D eigenvalue weighted by molar-refractivity contribution is 6.10. The number of aromatic nitrogens is 1. The largest absolute Gasteiger partial charge is 0.457 e. The van der Waals surface area contributed by atoms with E-state index in [1.165, 1.54) is 0 Å². The zero-order valence-electron chi connectivity index (χ0n) is 17.1. The Balaban J connectivity index is 1.37. The van der Waals surface area contributed by atoms with Crippen molar-refractivity contribution >= 4 is 23.0 Å². The highest BCUT2D eigenvalue weighted by atomic mass is 16.5. The Morgan fingerprint density at radius 1 is 0.871 bits per heavy atom. The van der Waals surface area contributed by atoms with Crippen molar-refractivity contribution < 1.29 is 9.53 Å². The SMILES string of the molecule is Cc1cc(Nc2ccc3c(c2)C(=O)N(c2cccc(Oc4ccccc4)c2)C3)ccn1. The Kier molecular flexibility index (Phi) is 4.84. The van der Waals surface area contributed by atoms with Crippen LogP contribution in [0.2, 0.25) is 0 Å². The summed E-state index contributed by atoms with van der Waals surface area (Å²) in [7, 11) is 0. The predicted octanol–water partition coefficient (Wildman–Crippen LogP) is 6.09. The van der Waals surface area contributed by atoms with Crippen LogP contribution in [0.4, 0.5) is 17.1 Å². The summed E-state index contributed by atoms with van der Waals surface area (Å²) in [6.45, 7) is 2.49. The number of aryl methyl sites for hydroxylation is 1. The maximum absolute atomic E-state index is 13.2. The topological polar surface area (TPSA) is 54.5 Å². The molecule has 0 bridgehead atoms. The first kappa shape index (κ1) is 18.9. The van der Waals surface area contributed by atoms with Gasteiger partial charge in [-0.1, -0.05) is 30.3 Å². The summed E-state index contributed by atoms with van der Waals surface area (Å²) in [5.74, 6) is 1.45. The van der Waals surface area contributed by atoms with E-state index in [0.29, 0.717) is 17.9 Å². The number of hydrogen-bond acceptors (Lipinski definition) is 4. The molecule has 31 heavy (non-hydrogen) atoms. The second-order valence-corrected chi connectivity index (χ2v) is 7.49. The number of pyridine rings is 1. The molecule has 1 amide bonds. The molecule has 2 heterocycles. The van der Waals surface area contributed by atoms with Crippen LogP contribution in [0.15, 0.2) is 91.1 Å². The Morgan fingerprint density at radius 2 is 1.68 bits per heavy atom. The van der Waals surface area contributed by atoms with Gasteiger partial charge in [-0.3, -0.25) is 9.78 Å². The zero-order valence-corrected chi connectivity index (χ0v) is 17.1. The van der Waals surface area contributed by atoms with Crippen molar-refractivity contribution in [3.05, 3.63) is 108 Å². The van der Waals surface area contributed by atoms with Crippen LogP contribution in [0.5, 0.6) is 11.5 Å². The van der Waals surface area contributed by atoms with Gasteiger partial charge >= 0.3 is 0 Å². The van der Waals surface area contributed by atoms with Crippen LogP contribution in [0.25, 0.3) is 0 Å². The fraction of sp³-hybridized carbons (Fsp3) is 0.0769. The Hall–Kier alpha value is -4.12. The zero-order chi connectivity index (χ0) is 21.2. The molecule has 0 atom stereocenters. The quantitative estimate of drug-likeness (QED) is 0.435. The number of carbonyl (C=O) groups excluding carboxylic acids is 1. The second kappa shape index (κ2) is 7.95. The third-order valence-electron chi connectivity index (χ3n) is 5.21. The van der Waals surface area contributed by atoms with Gasteiger partial charge in [-0.2, -0.15) is 0 Å². The lowest BCUT2D eigenvalue weighted by molar-refractivity contribution is 0.0996. The number of para-hydroxylation sites is 1. The lowest BCUT2D eigenvalue weighted by atomic mass is 10.1. The molecule has 1 aliphatic heterocycles. The molecule has 0 radical (unpaired) electrons. The van der Waals surface area contributed by atoms with Gasteiger partial charge in [0, 0.05) is 40.6 Å². The van der Waals surface area contributed by atoms with Gasteiger partial charge in [0.1, 0.15) is 11.5 Å². The van der Waals surface area contributed by atoms with E-state index >= 15 is 0 Å². The molecule has 0 aliphatic carbocycles. The minimum absolute atomic E-state index is 0.0126. The highest BCUT2D eigenvalue weighted by Gasteiger charge is 2.29. The van der Waals surface area contributed by atoms with Gasteiger partial charge < -0.3 is 15.0 Å². The van der Waals surface area contributed by atoms with Gasteiger partial charge in [0.05, 0.1) is 6.54 Å². The summed E-state index contributed by atoms with van der Waals surface area (Å²) >= 11 is 0. The number of fused-ring (bicyclic) bond motifs is 1. The normalized spacial score (nSPS) is 12.5. The number of hydrogen-bond donors (Lipinski definition) is 1. The molecule has 1 aromatic heterocycles. The van der Waals surface area contributed by atoms with Crippen molar-refractivity contribution in [2.24, 2.45) is 0 Å². The number of anilines is 3. The Bertz CT molecular complexity index is 1250. The van der Waals surface area contributed by atoms with Gasteiger partial charge in [0.25, 0.3) is 5.91 Å². The van der Waals surface area contributed by atoms with Gasteiger partial charge in [0.15, 0.2) is 0 Å². The average molecular weight is 407 g/mol. The maximum atomic E-state index is 13.2. The van der Waals surface area contributed by atoms with Crippen LogP contribution in [0.1, 0.15) is 21.6 Å². The molecule has 1 aliphatic rings. The molecule has 152 valence electrons. The smallest absolute Gasteiger partial charge is 0.259 e. The number of carbonyl (C=O) groups is 1. The van der Waals surface area contributed by atoms with Crippen LogP contribution < -0.4 is 15.0 Å². The maximum Gasteiger partial charge on any atom is 0.259 e. The number of nitrogens with zero attached hydrogens (tertiary/aromatic N) is 2. The summed E-state index contributed by atoms with van der Waals surface area (Å²) in [5.41, 5.74) is 5.29. The van der Waals surface area contributed by atoms with Crippen molar-refractivity contribution in [3.8, 4) is 11.5 Å². The number of benzene rings is 3. The van der Waals surface area contributed by atoms with Crippen LogP contribution in [-0.2, 0) is 6.54 Å². The fourth-order valence-corrected chi connectivity index (χ4v) is 3.72. The van der Waals surface area contributed by atoms with Crippen molar-refractivity contribution in [2.75, 3.05) is 10.2 Å². The molecular formula is C26H21N3O2. The first-order valence-electron chi connectivity index (χ1n) is 10.1. The summed E-state index contributed by atoms with van der Waals surface area (Å²) in [4.78, 5) is 19.2. The summed E-state index contributed by atoms with van der Waals surface area (Å²) in [6, 6.07) is 27.0. The van der Waals surface area contributed by atoms with Crippen molar-refractivity contribution in [1.82, 2.24) is 4.98 Å². The van der Waals surface area contributed by atoms with Crippen molar-refractivity contribution in [1.29, 1.82) is 0 Å². The molecule has 4 aromatic rings. The number of rotatable bonds is 5. The van der Waals surface area contributed by atoms with E-state index in [2.05, 4.69) is 10.3 Å². The van der Waals surface area contributed by atoms with Crippen molar-refractivity contribution in [3.63, 3.8) is 0 Å². The third-order valence-corrected chi connectivity index (χ3v) is 5.21. The minimum Gasteiger partial charge on any atom is -0.457 e. The Labute approximate surface area is 180 Å². The summed E-state index contributed by atoms with van der Waals surface area (Å²) < 4.78 is 5.93. The molecule has 0 unspecified atom stereocenters. The van der Waals surface area contributed by atoms with E-state index in [1.54, 1.807) is 11.1 Å². The molecular weight excluding hydrogens is 386 g/mol. The summed E-state index contributed by atoms with van der Waals surface area (Å²) in [5, 5.41) is 3.36. The predicted molar refractivity (Wildman–Crippen MR) is 122 cm³/mol. The summed E-state index contributed by atoms with van der Waals surface area (Å²) in [6.07, 6.45) is 1.77. The molecule has 0 spiro atoms. The van der Waals surface area contributed by atoms with Crippen LogP contribution in [0, 0.1) is 6.92 Å². The van der Waals surface area contributed by atoms with Gasteiger partial charge in [0.2, 0.25) is 0 Å². The molecule has 0 saturated heterocycles. The molecule has 5 heteroatoms. The van der Waals surface area contributed by atoms with E-state index in [9.17, 15) is 4.79 Å². The van der Waals surface area contributed by atoms with Crippen LogP contribution >= 0.6 is 0 Å². The molecule has 5 nitrogen and oxygen atoms in total. The van der Waals surface area contributed by atoms with E-state index < -0.39 is 0 Å². The molecule has 3 aromatic carbocycles. The van der Waals surface area contributed by atoms with Gasteiger partial charge in [-0.05, 0) is 61.0 Å². The molecule has 5 rings (SSSR count). The fourth-order valence-electron chi connectivity index (χ4n) is 3.72. The number of nitrogens with one attached hydrogen (secondary N) is 1. The molecule has 0 saturated carbocycles. The number of ether oxygens (including phenoxy) is 1. The third kappa shape index (κ3) is 3.98. The van der Waals surface area contributed by atoms with E-state index in [-0.39, 0.29) is 5.91 Å². The minimum atomic E-state index is -0.0126. The van der Waals surface area contributed by atoms with Crippen molar-refractivity contribution in [2.45, 2.75) is 13.5 Å². The average Bonchev–Trinajstić information content (AvgIpc) is 3.11. The lowest BCUT2D eigenvalue weighted by Crippen LogP contribution is -2.22. The van der Waals surface area contributed by atoms with E-state index in [1.807, 2.05) is 91.9 Å². The highest BCUT2D eigenvalue weighted by Crippen LogP contribution is 2.33. The monoisotopic (exact) mass is 407 g/mol. The van der Waals surface area contributed by atoms with E-state index in [4.69, 9.17) is 4.74 Å². The lowest BCUT2D eigenvalue weighted by Gasteiger charge is -2.17. The van der Waals surface area contributed by atoms with Gasteiger partial charge in [-0.15, -0.1) is 0 Å². The standard InChI is InChI=1S/C26H21N3O2/c1-18-14-21(12-13-27-18)28-20-11-10-19-17-29(26(30)25(19)15-20)22-6-5-9-24(16-22)31-23-7-3-2-4-8-23/h2-16H,17H2,1H3,(H,27,28). The first-order valence-corrected chi connectivity index (χ1v) is 10.1. The number of amides is 1. The Morgan fingerprint density at radius 3 is 2.52 bits per heavy atom. The second-order valence-electron chi connectivity index (χ2n) is 7.49. The van der Waals surface area contributed by atoms with E-state index in [0.717, 1.165) is 34.1 Å². The van der Waals surface area contributed by atoms with Crippen LogP contribution in [0.3, 0.4) is 0 Å². The first-order chi connectivity index (χ1) is 15.2. The molecule has 0 fully saturated rings. The molecule has 1 N–H and O–H groups in total. The van der Waals surface area contributed by atoms with Crippen LogP contribution in [-0.4, -0.2) is 10.9 Å².